The molecule has 2 N–H and O–H groups in total. The highest BCUT2D eigenvalue weighted by Gasteiger charge is 2.15. The van der Waals surface area contributed by atoms with Crippen molar-refractivity contribution in [2.24, 2.45) is 11.7 Å². The predicted molar refractivity (Wildman–Crippen MR) is 82.6 cm³/mol. The third kappa shape index (κ3) is 4.84. The molecular weight excluding hydrogens is 236 g/mol. The molecule has 0 aliphatic rings. The van der Waals surface area contributed by atoms with Crippen molar-refractivity contribution in [1.82, 2.24) is 0 Å². The molecule has 0 fully saturated rings. The Morgan fingerprint density at radius 1 is 1.26 bits per heavy atom. The quantitative estimate of drug-likeness (QED) is 0.783. The van der Waals surface area contributed by atoms with Gasteiger partial charge in [0, 0.05) is 31.9 Å². The molecule has 0 radical (unpaired) electrons. The number of methoxy groups -OCH3 is 1. The molecule has 108 valence electrons. The Morgan fingerprint density at radius 3 is 2.53 bits per heavy atom. The van der Waals surface area contributed by atoms with E-state index in [1.807, 2.05) is 0 Å². The van der Waals surface area contributed by atoms with E-state index in [0.29, 0.717) is 5.92 Å². The van der Waals surface area contributed by atoms with Crippen molar-refractivity contribution in [3.63, 3.8) is 0 Å². The van der Waals surface area contributed by atoms with Crippen LogP contribution in [0.3, 0.4) is 0 Å². The van der Waals surface area contributed by atoms with Gasteiger partial charge in [0.05, 0.1) is 6.61 Å². The van der Waals surface area contributed by atoms with Crippen molar-refractivity contribution in [3.05, 3.63) is 29.8 Å². The molecule has 0 aliphatic carbocycles. The summed E-state index contributed by atoms with van der Waals surface area (Å²) in [6.45, 7) is 9.27. The van der Waals surface area contributed by atoms with Crippen LogP contribution in [0.5, 0.6) is 0 Å². The van der Waals surface area contributed by atoms with Crippen LogP contribution in [0.2, 0.25) is 0 Å². The van der Waals surface area contributed by atoms with Crippen LogP contribution in [0.25, 0.3) is 0 Å². The summed E-state index contributed by atoms with van der Waals surface area (Å²) < 4.78 is 5.23. The van der Waals surface area contributed by atoms with E-state index in [1.165, 1.54) is 11.3 Å². The molecule has 3 heteroatoms. The van der Waals surface area contributed by atoms with Crippen molar-refractivity contribution < 1.29 is 4.74 Å². The predicted octanol–water partition coefficient (Wildman–Crippen LogP) is 3.21. The van der Waals surface area contributed by atoms with E-state index >= 15 is 0 Å². The lowest BCUT2D eigenvalue weighted by Gasteiger charge is -2.30. The molecule has 1 atom stereocenters. The molecule has 0 amide bonds. The first kappa shape index (κ1) is 16.0. The number of benzene rings is 1. The summed E-state index contributed by atoms with van der Waals surface area (Å²) in [5.74, 6) is 0.614. The Hall–Kier alpha value is -1.06. The van der Waals surface area contributed by atoms with Gasteiger partial charge in [0.2, 0.25) is 0 Å². The minimum absolute atomic E-state index is 0.105. The minimum Gasteiger partial charge on any atom is -0.383 e. The van der Waals surface area contributed by atoms with E-state index in [-0.39, 0.29) is 6.04 Å². The minimum atomic E-state index is 0.105. The standard InChI is InChI=1S/C16H28N2O/c1-5-15(17)14-8-6-7-9-16(14)18(10-11-19-4)12-13(2)3/h6-9,13,15H,5,10-12,17H2,1-4H3/t15-/m0/s1. The lowest BCUT2D eigenvalue weighted by atomic mass is 10.0. The van der Waals surface area contributed by atoms with Crippen LogP contribution in [0.15, 0.2) is 24.3 Å². The first-order valence-corrected chi connectivity index (χ1v) is 7.18. The molecule has 3 nitrogen and oxygen atoms in total. The van der Waals surface area contributed by atoms with Crippen LogP contribution in [-0.2, 0) is 4.74 Å². The molecule has 1 rings (SSSR count). The maximum atomic E-state index is 6.23. The lowest BCUT2D eigenvalue weighted by Crippen LogP contribution is -2.32. The van der Waals surface area contributed by atoms with Crippen molar-refractivity contribution in [2.75, 3.05) is 31.7 Å². The van der Waals surface area contributed by atoms with Crippen LogP contribution >= 0.6 is 0 Å². The second kappa shape index (κ2) is 8.18. The van der Waals surface area contributed by atoms with Crippen molar-refractivity contribution in [3.8, 4) is 0 Å². The highest BCUT2D eigenvalue weighted by Crippen LogP contribution is 2.27. The zero-order chi connectivity index (χ0) is 14.3. The van der Waals surface area contributed by atoms with E-state index in [9.17, 15) is 0 Å². The Bertz CT molecular complexity index is 366. The molecule has 0 aromatic heterocycles. The molecule has 1 aromatic rings. The van der Waals surface area contributed by atoms with Gasteiger partial charge >= 0.3 is 0 Å². The fourth-order valence-corrected chi connectivity index (χ4v) is 2.26. The molecule has 0 spiro atoms. The first-order chi connectivity index (χ1) is 9.10. The number of para-hydroxylation sites is 1. The fourth-order valence-electron chi connectivity index (χ4n) is 2.26. The van der Waals surface area contributed by atoms with Gasteiger partial charge in [-0.05, 0) is 24.0 Å². The monoisotopic (exact) mass is 264 g/mol. The molecule has 19 heavy (non-hydrogen) atoms. The largest absolute Gasteiger partial charge is 0.383 e. The average Bonchev–Trinajstić information content (AvgIpc) is 2.42. The Balaban J connectivity index is 2.99. The Kier molecular flexibility index (Phi) is 6.89. The lowest BCUT2D eigenvalue weighted by molar-refractivity contribution is 0.204. The second-order valence-electron chi connectivity index (χ2n) is 5.41. The van der Waals surface area contributed by atoms with Crippen LogP contribution in [-0.4, -0.2) is 26.8 Å². The number of hydrogen-bond donors (Lipinski definition) is 1. The van der Waals surface area contributed by atoms with Crippen LogP contribution in [0.4, 0.5) is 5.69 Å². The number of hydrogen-bond acceptors (Lipinski definition) is 3. The third-order valence-corrected chi connectivity index (χ3v) is 3.27. The van der Waals surface area contributed by atoms with Gasteiger partial charge in [0.1, 0.15) is 0 Å². The maximum Gasteiger partial charge on any atom is 0.0637 e. The van der Waals surface area contributed by atoms with E-state index < -0.39 is 0 Å². The average molecular weight is 264 g/mol. The van der Waals surface area contributed by atoms with Gasteiger partial charge < -0.3 is 15.4 Å². The van der Waals surface area contributed by atoms with Gasteiger partial charge in [-0.25, -0.2) is 0 Å². The molecule has 0 saturated heterocycles. The van der Waals surface area contributed by atoms with Gasteiger partial charge in [-0.2, -0.15) is 0 Å². The summed E-state index contributed by atoms with van der Waals surface area (Å²) in [5, 5.41) is 0. The summed E-state index contributed by atoms with van der Waals surface area (Å²) in [6, 6.07) is 8.57. The zero-order valence-electron chi connectivity index (χ0n) is 12.7. The SMILES string of the molecule is CC[C@H](N)c1ccccc1N(CCOC)CC(C)C. The number of nitrogens with two attached hydrogens (primary N) is 1. The smallest absolute Gasteiger partial charge is 0.0637 e. The number of anilines is 1. The zero-order valence-corrected chi connectivity index (χ0v) is 12.7. The highest BCUT2D eigenvalue weighted by atomic mass is 16.5. The Morgan fingerprint density at radius 2 is 1.95 bits per heavy atom. The summed E-state index contributed by atoms with van der Waals surface area (Å²) in [4.78, 5) is 2.39. The van der Waals surface area contributed by atoms with Gasteiger partial charge in [-0.15, -0.1) is 0 Å². The summed E-state index contributed by atoms with van der Waals surface area (Å²) in [6.07, 6.45) is 0.955. The van der Waals surface area contributed by atoms with Crippen molar-refractivity contribution in [2.45, 2.75) is 33.2 Å². The number of ether oxygens (including phenoxy) is 1. The molecule has 0 saturated carbocycles. The maximum absolute atomic E-state index is 6.23. The van der Waals surface area contributed by atoms with Gasteiger partial charge in [0.15, 0.2) is 0 Å². The third-order valence-electron chi connectivity index (χ3n) is 3.27. The summed E-state index contributed by atoms with van der Waals surface area (Å²) in [5.41, 5.74) is 8.72. The molecule has 0 aliphatic heterocycles. The molecule has 1 aromatic carbocycles. The summed E-state index contributed by atoms with van der Waals surface area (Å²) in [7, 11) is 1.75. The van der Waals surface area contributed by atoms with E-state index in [1.54, 1.807) is 7.11 Å². The highest BCUT2D eigenvalue weighted by molar-refractivity contribution is 5.55. The van der Waals surface area contributed by atoms with E-state index in [4.69, 9.17) is 10.5 Å². The fraction of sp³-hybridized carbons (Fsp3) is 0.625. The topological polar surface area (TPSA) is 38.5 Å². The number of nitrogens with zero attached hydrogens (tertiary/aromatic N) is 1. The molecule has 0 heterocycles. The summed E-state index contributed by atoms with van der Waals surface area (Å²) >= 11 is 0. The molecular formula is C16H28N2O. The van der Waals surface area contributed by atoms with E-state index in [0.717, 1.165) is 26.1 Å². The molecule has 0 bridgehead atoms. The second-order valence-corrected chi connectivity index (χ2v) is 5.41. The van der Waals surface area contributed by atoms with Crippen molar-refractivity contribution >= 4 is 5.69 Å². The van der Waals surface area contributed by atoms with Gasteiger partial charge in [-0.1, -0.05) is 39.0 Å². The Labute approximate surface area is 117 Å². The first-order valence-electron chi connectivity index (χ1n) is 7.18. The van der Waals surface area contributed by atoms with Crippen LogP contribution < -0.4 is 10.6 Å². The van der Waals surface area contributed by atoms with Crippen molar-refractivity contribution in [1.29, 1.82) is 0 Å². The van der Waals surface area contributed by atoms with Gasteiger partial charge in [-0.3, -0.25) is 0 Å². The van der Waals surface area contributed by atoms with Gasteiger partial charge in [0.25, 0.3) is 0 Å². The van der Waals surface area contributed by atoms with Crippen LogP contribution in [0, 0.1) is 5.92 Å². The normalized spacial score (nSPS) is 12.7. The van der Waals surface area contributed by atoms with E-state index in [2.05, 4.69) is 49.9 Å². The number of rotatable bonds is 8. The van der Waals surface area contributed by atoms with Crippen LogP contribution in [0.1, 0.15) is 38.8 Å². The molecule has 0 unspecified atom stereocenters.